The molecule has 1 fully saturated rings. The average molecular weight is 188 g/mol. The van der Waals surface area contributed by atoms with Crippen molar-refractivity contribution in [2.45, 2.75) is 44.9 Å². The third-order valence-electron chi connectivity index (χ3n) is 3.55. The molecule has 0 aliphatic heterocycles. The standard InChI is InChI=1S/C14H20/c1-2-7-12-10-6-11-14(12)13-8-4-3-5-9-13/h3-5,8-9,12,14H,2,6-7,10-11H2,1H3. The predicted molar refractivity (Wildman–Crippen MR) is 61.4 cm³/mol. The first kappa shape index (κ1) is 9.76. The van der Waals surface area contributed by atoms with Gasteiger partial charge in [-0.25, -0.2) is 0 Å². The summed E-state index contributed by atoms with van der Waals surface area (Å²) in [5, 5.41) is 0. The molecule has 1 aromatic carbocycles. The topological polar surface area (TPSA) is 0 Å². The van der Waals surface area contributed by atoms with Gasteiger partial charge in [-0.15, -0.1) is 0 Å². The normalized spacial score (nSPS) is 26.6. The Bertz CT molecular complexity index is 263. The molecule has 0 bridgehead atoms. The van der Waals surface area contributed by atoms with Crippen LogP contribution in [-0.4, -0.2) is 0 Å². The Labute approximate surface area is 87.3 Å². The number of hydrogen-bond acceptors (Lipinski definition) is 0. The number of rotatable bonds is 3. The molecular weight excluding hydrogens is 168 g/mol. The maximum Gasteiger partial charge on any atom is -0.0134 e. The van der Waals surface area contributed by atoms with E-state index in [1.165, 1.54) is 32.1 Å². The second kappa shape index (κ2) is 4.63. The summed E-state index contributed by atoms with van der Waals surface area (Å²) in [5.41, 5.74) is 1.57. The molecule has 2 unspecified atom stereocenters. The van der Waals surface area contributed by atoms with Crippen molar-refractivity contribution in [3.8, 4) is 0 Å². The van der Waals surface area contributed by atoms with Crippen LogP contribution < -0.4 is 0 Å². The molecule has 0 N–H and O–H groups in total. The quantitative estimate of drug-likeness (QED) is 0.660. The van der Waals surface area contributed by atoms with Crippen molar-refractivity contribution in [3.63, 3.8) is 0 Å². The fraction of sp³-hybridized carbons (Fsp3) is 0.571. The molecule has 1 saturated carbocycles. The van der Waals surface area contributed by atoms with Gasteiger partial charge < -0.3 is 0 Å². The molecule has 0 amide bonds. The van der Waals surface area contributed by atoms with E-state index in [0.717, 1.165) is 11.8 Å². The van der Waals surface area contributed by atoms with Crippen molar-refractivity contribution in [2.24, 2.45) is 5.92 Å². The van der Waals surface area contributed by atoms with E-state index >= 15 is 0 Å². The summed E-state index contributed by atoms with van der Waals surface area (Å²) in [4.78, 5) is 0. The molecule has 0 saturated heterocycles. The van der Waals surface area contributed by atoms with Crippen molar-refractivity contribution in [1.82, 2.24) is 0 Å². The SMILES string of the molecule is CCCC1CCCC1c1ccccc1. The van der Waals surface area contributed by atoms with Crippen molar-refractivity contribution < 1.29 is 0 Å². The van der Waals surface area contributed by atoms with E-state index in [1.54, 1.807) is 5.56 Å². The molecular formula is C14H20. The van der Waals surface area contributed by atoms with Gasteiger partial charge >= 0.3 is 0 Å². The van der Waals surface area contributed by atoms with Crippen LogP contribution in [0.3, 0.4) is 0 Å². The van der Waals surface area contributed by atoms with Gasteiger partial charge in [-0.3, -0.25) is 0 Å². The summed E-state index contributed by atoms with van der Waals surface area (Å²) in [6.07, 6.45) is 7.06. The second-order valence-electron chi connectivity index (χ2n) is 4.50. The molecule has 0 aromatic heterocycles. The fourth-order valence-electron chi connectivity index (χ4n) is 2.89. The lowest BCUT2D eigenvalue weighted by Crippen LogP contribution is -2.05. The Hall–Kier alpha value is -0.780. The minimum Gasteiger partial charge on any atom is -0.0654 e. The smallest absolute Gasteiger partial charge is 0.0134 e. The van der Waals surface area contributed by atoms with Gasteiger partial charge in [-0.05, 0) is 30.2 Å². The van der Waals surface area contributed by atoms with Gasteiger partial charge in [0.1, 0.15) is 0 Å². The van der Waals surface area contributed by atoms with Gasteiger partial charge in [0.2, 0.25) is 0 Å². The molecule has 0 nitrogen and oxygen atoms in total. The maximum atomic E-state index is 2.31. The summed E-state index contributed by atoms with van der Waals surface area (Å²) in [6, 6.07) is 11.1. The third-order valence-corrected chi connectivity index (χ3v) is 3.55. The van der Waals surface area contributed by atoms with E-state index in [9.17, 15) is 0 Å². The van der Waals surface area contributed by atoms with E-state index in [1.807, 2.05) is 0 Å². The van der Waals surface area contributed by atoms with Crippen molar-refractivity contribution in [2.75, 3.05) is 0 Å². The zero-order valence-electron chi connectivity index (χ0n) is 9.08. The van der Waals surface area contributed by atoms with Crippen LogP contribution in [0, 0.1) is 5.92 Å². The minimum absolute atomic E-state index is 0.858. The largest absolute Gasteiger partial charge is 0.0654 e. The Morgan fingerprint density at radius 3 is 2.64 bits per heavy atom. The van der Waals surface area contributed by atoms with Crippen LogP contribution in [0.4, 0.5) is 0 Å². The predicted octanol–water partition coefficient (Wildman–Crippen LogP) is 4.37. The van der Waals surface area contributed by atoms with Gasteiger partial charge in [-0.1, -0.05) is 56.5 Å². The Morgan fingerprint density at radius 1 is 1.14 bits per heavy atom. The van der Waals surface area contributed by atoms with E-state index in [0.29, 0.717) is 0 Å². The maximum absolute atomic E-state index is 2.31. The highest BCUT2D eigenvalue weighted by Gasteiger charge is 2.27. The average Bonchev–Trinajstić information content (AvgIpc) is 2.68. The van der Waals surface area contributed by atoms with Gasteiger partial charge in [0.25, 0.3) is 0 Å². The zero-order valence-corrected chi connectivity index (χ0v) is 9.08. The van der Waals surface area contributed by atoms with Gasteiger partial charge in [-0.2, -0.15) is 0 Å². The second-order valence-corrected chi connectivity index (χ2v) is 4.50. The first-order valence-electron chi connectivity index (χ1n) is 5.96. The Morgan fingerprint density at radius 2 is 1.93 bits per heavy atom. The van der Waals surface area contributed by atoms with E-state index in [4.69, 9.17) is 0 Å². The van der Waals surface area contributed by atoms with Crippen LogP contribution in [0.5, 0.6) is 0 Å². The summed E-state index contributed by atoms with van der Waals surface area (Å²) >= 11 is 0. The first-order chi connectivity index (χ1) is 6.92. The number of benzene rings is 1. The molecule has 76 valence electrons. The molecule has 2 rings (SSSR count). The molecule has 2 atom stereocenters. The van der Waals surface area contributed by atoms with Crippen LogP contribution >= 0.6 is 0 Å². The van der Waals surface area contributed by atoms with Crippen LogP contribution in [0.25, 0.3) is 0 Å². The molecule has 1 aliphatic rings. The monoisotopic (exact) mass is 188 g/mol. The first-order valence-corrected chi connectivity index (χ1v) is 5.96. The van der Waals surface area contributed by atoms with Gasteiger partial charge in [0.05, 0.1) is 0 Å². The Kier molecular flexibility index (Phi) is 3.23. The summed E-state index contributed by atoms with van der Waals surface area (Å²) in [7, 11) is 0. The van der Waals surface area contributed by atoms with Crippen molar-refractivity contribution >= 4 is 0 Å². The fourth-order valence-corrected chi connectivity index (χ4v) is 2.89. The molecule has 0 radical (unpaired) electrons. The lowest BCUT2D eigenvalue weighted by molar-refractivity contribution is 0.444. The van der Waals surface area contributed by atoms with Gasteiger partial charge in [0.15, 0.2) is 0 Å². The molecule has 1 aromatic rings. The molecule has 1 aliphatic carbocycles. The van der Waals surface area contributed by atoms with E-state index in [-0.39, 0.29) is 0 Å². The van der Waals surface area contributed by atoms with Crippen LogP contribution in [-0.2, 0) is 0 Å². The molecule has 0 heterocycles. The summed E-state index contributed by atoms with van der Waals surface area (Å²) in [5.74, 6) is 1.82. The molecule has 0 spiro atoms. The van der Waals surface area contributed by atoms with E-state index in [2.05, 4.69) is 37.3 Å². The van der Waals surface area contributed by atoms with Crippen molar-refractivity contribution in [3.05, 3.63) is 35.9 Å². The highest BCUT2D eigenvalue weighted by molar-refractivity contribution is 5.21. The molecule has 0 heteroatoms. The zero-order chi connectivity index (χ0) is 9.80. The lowest BCUT2D eigenvalue weighted by Gasteiger charge is -2.19. The highest BCUT2D eigenvalue weighted by Crippen LogP contribution is 2.41. The summed E-state index contributed by atoms with van der Waals surface area (Å²) in [6.45, 7) is 2.31. The molecule has 14 heavy (non-hydrogen) atoms. The van der Waals surface area contributed by atoms with Crippen molar-refractivity contribution in [1.29, 1.82) is 0 Å². The third kappa shape index (κ3) is 2.00. The summed E-state index contributed by atoms with van der Waals surface area (Å²) < 4.78 is 0. The van der Waals surface area contributed by atoms with Crippen LogP contribution in [0.2, 0.25) is 0 Å². The van der Waals surface area contributed by atoms with E-state index < -0.39 is 0 Å². The minimum atomic E-state index is 0.858. The van der Waals surface area contributed by atoms with Crippen LogP contribution in [0.1, 0.15) is 50.5 Å². The highest BCUT2D eigenvalue weighted by atomic mass is 14.3. The van der Waals surface area contributed by atoms with Gasteiger partial charge in [0, 0.05) is 0 Å². The Balaban J connectivity index is 2.10. The number of hydrogen-bond donors (Lipinski definition) is 0. The lowest BCUT2D eigenvalue weighted by atomic mass is 9.86. The van der Waals surface area contributed by atoms with Crippen LogP contribution in [0.15, 0.2) is 30.3 Å².